The van der Waals surface area contributed by atoms with Gasteiger partial charge in [0.2, 0.25) is 5.91 Å². The zero-order valence-corrected chi connectivity index (χ0v) is 14.3. The number of benzene rings is 2. The predicted octanol–water partition coefficient (Wildman–Crippen LogP) is 3.61. The monoisotopic (exact) mass is 325 g/mol. The van der Waals surface area contributed by atoms with Crippen molar-refractivity contribution < 1.29 is 14.3 Å². The predicted molar refractivity (Wildman–Crippen MR) is 93.5 cm³/mol. The molecule has 2 aromatic rings. The number of carbonyl (C=O) groups excluding carboxylic acids is 1. The number of hydrogen-bond donors (Lipinski definition) is 1. The van der Waals surface area contributed by atoms with Gasteiger partial charge in [0.25, 0.3) is 0 Å². The second-order valence-electron chi connectivity index (χ2n) is 6.26. The molecule has 1 amide bonds. The maximum Gasteiger partial charge on any atom is 0.231 e. The Morgan fingerprint density at radius 2 is 1.71 bits per heavy atom. The van der Waals surface area contributed by atoms with Crippen LogP contribution in [0, 0.1) is 0 Å². The highest BCUT2D eigenvalue weighted by molar-refractivity contribution is 5.91. The quantitative estimate of drug-likeness (QED) is 0.882. The number of rotatable bonds is 6. The van der Waals surface area contributed by atoms with Gasteiger partial charge in [0.15, 0.2) is 11.5 Å². The molecule has 3 rings (SSSR count). The van der Waals surface area contributed by atoms with Crippen LogP contribution >= 0.6 is 0 Å². The van der Waals surface area contributed by atoms with Gasteiger partial charge in [0, 0.05) is 0 Å². The van der Waals surface area contributed by atoms with Crippen molar-refractivity contribution >= 4 is 5.91 Å². The molecule has 24 heavy (non-hydrogen) atoms. The standard InChI is InChI=1S/C20H23NO3/c1-14(15-7-5-4-6-8-15)21-19(22)20(11-12-20)16-9-10-17(23-2)18(13-16)24-3/h4-10,13-14H,11-12H2,1-3H3,(H,21,22). The zero-order valence-electron chi connectivity index (χ0n) is 14.3. The summed E-state index contributed by atoms with van der Waals surface area (Å²) in [4.78, 5) is 12.9. The zero-order chi connectivity index (χ0) is 17.2. The number of amides is 1. The molecule has 0 radical (unpaired) electrons. The lowest BCUT2D eigenvalue weighted by molar-refractivity contribution is -0.124. The van der Waals surface area contributed by atoms with Crippen LogP contribution in [0.4, 0.5) is 0 Å². The van der Waals surface area contributed by atoms with E-state index in [0.717, 1.165) is 24.0 Å². The molecular weight excluding hydrogens is 302 g/mol. The number of methoxy groups -OCH3 is 2. The Hall–Kier alpha value is -2.49. The van der Waals surface area contributed by atoms with Gasteiger partial charge in [-0.15, -0.1) is 0 Å². The molecule has 0 heterocycles. The summed E-state index contributed by atoms with van der Waals surface area (Å²) in [5.41, 5.74) is 1.65. The lowest BCUT2D eigenvalue weighted by Gasteiger charge is -2.21. The summed E-state index contributed by atoms with van der Waals surface area (Å²) in [7, 11) is 3.22. The van der Waals surface area contributed by atoms with Crippen molar-refractivity contribution in [2.24, 2.45) is 0 Å². The van der Waals surface area contributed by atoms with E-state index in [1.54, 1.807) is 14.2 Å². The van der Waals surface area contributed by atoms with Gasteiger partial charge in [-0.05, 0) is 43.0 Å². The Labute approximate surface area is 142 Å². The highest BCUT2D eigenvalue weighted by Gasteiger charge is 2.51. The summed E-state index contributed by atoms with van der Waals surface area (Å²) < 4.78 is 10.7. The summed E-state index contributed by atoms with van der Waals surface area (Å²) in [6.07, 6.45) is 1.71. The topological polar surface area (TPSA) is 47.6 Å². The highest BCUT2D eigenvalue weighted by atomic mass is 16.5. The fraction of sp³-hybridized carbons (Fsp3) is 0.350. The van der Waals surface area contributed by atoms with Crippen LogP contribution < -0.4 is 14.8 Å². The van der Waals surface area contributed by atoms with Crippen LogP contribution in [0.1, 0.15) is 36.9 Å². The average molecular weight is 325 g/mol. The fourth-order valence-electron chi connectivity index (χ4n) is 3.07. The number of carbonyl (C=O) groups is 1. The Kier molecular flexibility index (Phi) is 4.47. The summed E-state index contributed by atoms with van der Waals surface area (Å²) >= 11 is 0. The van der Waals surface area contributed by atoms with Crippen LogP contribution in [0.2, 0.25) is 0 Å². The van der Waals surface area contributed by atoms with Gasteiger partial charge in [0.1, 0.15) is 0 Å². The Balaban J connectivity index is 1.79. The molecule has 0 aromatic heterocycles. The molecule has 0 bridgehead atoms. The third-order valence-electron chi connectivity index (χ3n) is 4.77. The smallest absolute Gasteiger partial charge is 0.231 e. The molecule has 2 aromatic carbocycles. The van der Waals surface area contributed by atoms with Crippen LogP contribution in [0.15, 0.2) is 48.5 Å². The fourth-order valence-corrected chi connectivity index (χ4v) is 3.07. The van der Waals surface area contributed by atoms with E-state index in [-0.39, 0.29) is 11.9 Å². The average Bonchev–Trinajstić information content (AvgIpc) is 3.43. The molecule has 4 nitrogen and oxygen atoms in total. The Morgan fingerprint density at radius 3 is 2.29 bits per heavy atom. The third-order valence-corrected chi connectivity index (χ3v) is 4.77. The van der Waals surface area contributed by atoms with Gasteiger partial charge >= 0.3 is 0 Å². The van der Waals surface area contributed by atoms with Gasteiger partial charge in [-0.25, -0.2) is 0 Å². The lowest BCUT2D eigenvalue weighted by Crippen LogP contribution is -2.36. The van der Waals surface area contributed by atoms with E-state index >= 15 is 0 Å². The van der Waals surface area contributed by atoms with Crippen molar-refractivity contribution in [3.05, 3.63) is 59.7 Å². The largest absolute Gasteiger partial charge is 0.493 e. The van der Waals surface area contributed by atoms with Crippen molar-refractivity contribution in [3.63, 3.8) is 0 Å². The summed E-state index contributed by atoms with van der Waals surface area (Å²) in [5, 5.41) is 3.15. The van der Waals surface area contributed by atoms with Crippen molar-refractivity contribution in [2.45, 2.75) is 31.2 Å². The van der Waals surface area contributed by atoms with E-state index in [4.69, 9.17) is 9.47 Å². The molecule has 126 valence electrons. The van der Waals surface area contributed by atoms with E-state index < -0.39 is 5.41 Å². The molecule has 1 saturated carbocycles. The number of ether oxygens (including phenoxy) is 2. The number of hydrogen-bond acceptors (Lipinski definition) is 3. The third kappa shape index (κ3) is 2.96. The molecule has 0 spiro atoms. The molecule has 0 saturated heterocycles. The molecule has 1 N–H and O–H groups in total. The van der Waals surface area contributed by atoms with Crippen LogP contribution in [0.25, 0.3) is 0 Å². The maximum absolute atomic E-state index is 12.9. The van der Waals surface area contributed by atoms with Crippen molar-refractivity contribution in [1.82, 2.24) is 5.32 Å². The molecule has 1 fully saturated rings. The van der Waals surface area contributed by atoms with Gasteiger partial charge < -0.3 is 14.8 Å². The van der Waals surface area contributed by atoms with Crippen LogP contribution in [-0.4, -0.2) is 20.1 Å². The summed E-state index contributed by atoms with van der Waals surface area (Å²) in [6, 6.07) is 15.7. The van der Waals surface area contributed by atoms with E-state index in [2.05, 4.69) is 5.32 Å². The normalized spacial score (nSPS) is 16.1. The molecule has 0 aliphatic heterocycles. The van der Waals surface area contributed by atoms with E-state index in [0.29, 0.717) is 11.5 Å². The van der Waals surface area contributed by atoms with Gasteiger partial charge in [0.05, 0.1) is 25.7 Å². The first kappa shape index (κ1) is 16.4. The minimum Gasteiger partial charge on any atom is -0.493 e. The van der Waals surface area contributed by atoms with Crippen molar-refractivity contribution in [2.75, 3.05) is 14.2 Å². The first-order valence-electron chi connectivity index (χ1n) is 8.19. The molecule has 1 aliphatic carbocycles. The van der Waals surface area contributed by atoms with Crippen LogP contribution in [0.5, 0.6) is 11.5 Å². The summed E-state index contributed by atoms with van der Waals surface area (Å²) in [6.45, 7) is 2.01. The first-order chi connectivity index (χ1) is 11.6. The van der Waals surface area contributed by atoms with Crippen molar-refractivity contribution in [1.29, 1.82) is 0 Å². The number of nitrogens with one attached hydrogen (secondary N) is 1. The molecule has 1 atom stereocenters. The lowest BCUT2D eigenvalue weighted by atomic mass is 9.93. The molecular formula is C20H23NO3. The second-order valence-corrected chi connectivity index (χ2v) is 6.26. The van der Waals surface area contributed by atoms with Gasteiger partial charge in [-0.1, -0.05) is 36.4 Å². The minimum atomic E-state index is -0.442. The summed E-state index contributed by atoms with van der Waals surface area (Å²) in [5.74, 6) is 1.41. The van der Waals surface area contributed by atoms with E-state index in [1.807, 2.05) is 55.5 Å². The van der Waals surface area contributed by atoms with Crippen LogP contribution in [-0.2, 0) is 10.2 Å². The highest BCUT2D eigenvalue weighted by Crippen LogP contribution is 2.50. The van der Waals surface area contributed by atoms with E-state index in [9.17, 15) is 4.79 Å². The molecule has 4 heteroatoms. The van der Waals surface area contributed by atoms with Gasteiger partial charge in [-0.3, -0.25) is 4.79 Å². The van der Waals surface area contributed by atoms with Gasteiger partial charge in [-0.2, -0.15) is 0 Å². The Bertz CT molecular complexity index is 723. The minimum absolute atomic E-state index is 0.0173. The van der Waals surface area contributed by atoms with E-state index in [1.165, 1.54) is 0 Å². The molecule has 1 unspecified atom stereocenters. The maximum atomic E-state index is 12.9. The second kappa shape index (κ2) is 6.56. The first-order valence-corrected chi connectivity index (χ1v) is 8.19. The van der Waals surface area contributed by atoms with Crippen LogP contribution in [0.3, 0.4) is 0 Å². The molecule has 1 aliphatic rings. The SMILES string of the molecule is COc1ccc(C2(C(=O)NC(C)c3ccccc3)CC2)cc1OC. The van der Waals surface area contributed by atoms with Crippen molar-refractivity contribution in [3.8, 4) is 11.5 Å². The Morgan fingerprint density at radius 1 is 1.04 bits per heavy atom.